The van der Waals surface area contributed by atoms with Crippen molar-refractivity contribution in [2.24, 2.45) is 11.8 Å². The van der Waals surface area contributed by atoms with Gasteiger partial charge in [-0.15, -0.1) is 0 Å². The van der Waals surface area contributed by atoms with E-state index in [0.29, 0.717) is 12.8 Å². The molecule has 96 valence electrons. The van der Waals surface area contributed by atoms with Crippen molar-refractivity contribution >= 4 is 17.9 Å². The zero-order valence-corrected chi connectivity index (χ0v) is 10.1. The number of esters is 3. The smallest absolute Gasteiger partial charge is 0.312 e. The van der Waals surface area contributed by atoms with E-state index in [1.165, 1.54) is 21.1 Å². The number of methoxy groups -OCH3 is 2. The summed E-state index contributed by atoms with van der Waals surface area (Å²) >= 11 is 0. The van der Waals surface area contributed by atoms with Crippen molar-refractivity contribution in [3.05, 3.63) is 0 Å². The van der Waals surface area contributed by atoms with E-state index in [9.17, 15) is 14.4 Å². The molecule has 0 aromatic rings. The zero-order valence-electron chi connectivity index (χ0n) is 10.1. The molecule has 6 heteroatoms. The molecule has 1 unspecified atom stereocenters. The lowest BCUT2D eigenvalue weighted by molar-refractivity contribution is -0.163. The topological polar surface area (TPSA) is 78.9 Å². The van der Waals surface area contributed by atoms with Gasteiger partial charge in [0.1, 0.15) is 6.10 Å². The third-order valence-electron chi connectivity index (χ3n) is 2.89. The standard InChI is InChI=1S/C11H16O6/c1-6(12)17-9-7(10(13)15-2)4-5-8(9)11(14)16-3/h7-9H,4-5H2,1-3H3/t7-,8+,9?. The van der Waals surface area contributed by atoms with Gasteiger partial charge in [-0.1, -0.05) is 0 Å². The minimum atomic E-state index is -0.785. The zero-order chi connectivity index (χ0) is 13.0. The summed E-state index contributed by atoms with van der Waals surface area (Å²) in [5.74, 6) is -2.65. The normalized spacial score (nSPS) is 27.4. The largest absolute Gasteiger partial charge is 0.469 e. The quantitative estimate of drug-likeness (QED) is 0.524. The van der Waals surface area contributed by atoms with E-state index in [-0.39, 0.29) is 0 Å². The van der Waals surface area contributed by atoms with Crippen LogP contribution in [0.15, 0.2) is 0 Å². The Morgan fingerprint density at radius 2 is 1.35 bits per heavy atom. The van der Waals surface area contributed by atoms with Crippen molar-refractivity contribution in [1.29, 1.82) is 0 Å². The lowest BCUT2D eigenvalue weighted by Crippen LogP contribution is -2.36. The van der Waals surface area contributed by atoms with Gasteiger partial charge in [-0.3, -0.25) is 14.4 Å². The maximum Gasteiger partial charge on any atom is 0.312 e. The molecule has 17 heavy (non-hydrogen) atoms. The first-order valence-corrected chi connectivity index (χ1v) is 5.34. The van der Waals surface area contributed by atoms with Crippen LogP contribution < -0.4 is 0 Å². The van der Waals surface area contributed by atoms with Crippen molar-refractivity contribution in [1.82, 2.24) is 0 Å². The van der Waals surface area contributed by atoms with Crippen LogP contribution in [0.4, 0.5) is 0 Å². The Kier molecular flexibility index (Phi) is 4.48. The summed E-state index contributed by atoms with van der Waals surface area (Å²) in [4.78, 5) is 34.0. The van der Waals surface area contributed by atoms with Gasteiger partial charge in [0.15, 0.2) is 0 Å². The second-order valence-corrected chi connectivity index (χ2v) is 3.91. The van der Waals surface area contributed by atoms with Crippen LogP contribution in [0.5, 0.6) is 0 Å². The van der Waals surface area contributed by atoms with Crippen molar-refractivity contribution in [3.8, 4) is 0 Å². The molecule has 0 spiro atoms. The lowest BCUT2D eigenvalue weighted by Gasteiger charge is -2.21. The highest BCUT2D eigenvalue weighted by Crippen LogP contribution is 2.35. The van der Waals surface area contributed by atoms with Gasteiger partial charge in [0.2, 0.25) is 0 Å². The van der Waals surface area contributed by atoms with Gasteiger partial charge >= 0.3 is 17.9 Å². The molecule has 0 amide bonds. The maximum atomic E-state index is 11.5. The van der Waals surface area contributed by atoms with Gasteiger partial charge in [-0.05, 0) is 12.8 Å². The van der Waals surface area contributed by atoms with E-state index in [1.54, 1.807) is 0 Å². The van der Waals surface area contributed by atoms with E-state index >= 15 is 0 Å². The molecule has 3 atom stereocenters. The molecular weight excluding hydrogens is 228 g/mol. The Bertz CT molecular complexity index is 300. The van der Waals surface area contributed by atoms with Crippen LogP contribution in [0.1, 0.15) is 19.8 Å². The van der Waals surface area contributed by atoms with Gasteiger partial charge in [-0.25, -0.2) is 0 Å². The third kappa shape index (κ3) is 2.95. The molecule has 0 aromatic heterocycles. The summed E-state index contributed by atoms with van der Waals surface area (Å²) in [5, 5.41) is 0. The van der Waals surface area contributed by atoms with E-state index in [0.717, 1.165) is 0 Å². The molecule has 1 aliphatic carbocycles. The molecular formula is C11H16O6. The highest BCUT2D eigenvalue weighted by molar-refractivity contribution is 5.79. The van der Waals surface area contributed by atoms with Gasteiger partial charge in [0, 0.05) is 6.92 Å². The van der Waals surface area contributed by atoms with Gasteiger partial charge < -0.3 is 14.2 Å². The van der Waals surface area contributed by atoms with Crippen molar-refractivity contribution in [2.45, 2.75) is 25.9 Å². The number of hydrogen-bond donors (Lipinski definition) is 0. The number of ether oxygens (including phenoxy) is 3. The van der Waals surface area contributed by atoms with E-state index in [2.05, 4.69) is 9.47 Å². The van der Waals surface area contributed by atoms with E-state index < -0.39 is 35.8 Å². The Balaban J connectivity index is 2.84. The highest BCUT2D eigenvalue weighted by Gasteiger charge is 2.47. The van der Waals surface area contributed by atoms with E-state index in [1.807, 2.05) is 0 Å². The second kappa shape index (κ2) is 5.65. The molecule has 1 rings (SSSR count). The average Bonchev–Trinajstić information content (AvgIpc) is 2.70. The van der Waals surface area contributed by atoms with Crippen molar-refractivity contribution in [2.75, 3.05) is 14.2 Å². The number of carbonyl (C=O) groups excluding carboxylic acids is 3. The maximum absolute atomic E-state index is 11.5. The molecule has 0 radical (unpaired) electrons. The average molecular weight is 244 g/mol. The minimum Gasteiger partial charge on any atom is -0.469 e. The summed E-state index contributed by atoms with van der Waals surface area (Å²) in [6.45, 7) is 1.24. The molecule has 1 aliphatic rings. The highest BCUT2D eigenvalue weighted by atomic mass is 16.6. The second-order valence-electron chi connectivity index (χ2n) is 3.91. The van der Waals surface area contributed by atoms with Crippen molar-refractivity contribution in [3.63, 3.8) is 0 Å². The van der Waals surface area contributed by atoms with Crippen LogP contribution in [0.2, 0.25) is 0 Å². The van der Waals surface area contributed by atoms with E-state index in [4.69, 9.17) is 4.74 Å². The molecule has 0 aliphatic heterocycles. The van der Waals surface area contributed by atoms with Gasteiger partial charge in [0.25, 0.3) is 0 Å². The number of hydrogen-bond acceptors (Lipinski definition) is 6. The number of rotatable bonds is 3. The van der Waals surface area contributed by atoms with Crippen LogP contribution in [-0.2, 0) is 28.6 Å². The Morgan fingerprint density at radius 1 is 0.941 bits per heavy atom. The van der Waals surface area contributed by atoms with Crippen LogP contribution in [0.3, 0.4) is 0 Å². The summed E-state index contributed by atoms with van der Waals surface area (Å²) in [7, 11) is 2.53. The fraction of sp³-hybridized carbons (Fsp3) is 0.727. The fourth-order valence-corrected chi connectivity index (χ4v) is 2.13. The monoisotopic (exact) mass is 244 g/mol. The summed E-state index contributed by atoms with van der Waals surface area (Å²) in [6.07, 6.45) is 0.113. The summed E-state index contributed by atoms with van der Waals surface area (Å²) in [6, 6.07) is 0. The summed E-state index contributed by atoms with van der Waals surface area (Å²) in [5.41, 5.74) is 0. The first kappa shape index (κ1) is 13.5. The molecule has 0 bridgehead atoms. The number of carbonyl (C=O) groups is 3. The third-order valence-corrected chi connectivity index (χ3v) is 2.89. The molecule has 1 fully saturated rings. The molecule has 6 nitrogen and oxygen atoms in total. The Morgan fingerprint density at radius 3 is 1.65 bits per heavy atom. The van der Waals surface area contributed by atoms with Crippen LogP contribution >= 0.6 is 0 Å². The lowest BCUT2D eigenvalue weighted by atomic mass is 10.0. The first-order chi connectivity index (χ1) is 8.01. The van der Waals surface area contributed by atoms with Crippen LogP contribution in [0.25, 0.3) is 0 Å². The first-order valence-electron chi connectivity index (χ1n) is 5.34. The molecule has 1 saturated carbocycles. The minimum absolute atomic E-state index is 0.449. The molecule has 0 aromatic carbocycles. The predicted molar refractivity (Wildman–Crippen MR) is 55.8 cm³/mol. The van der Waals surface area contributed by atoms with Crippen molar-refractivity contribution < 1.29 is 28.6 Å². The summed E-state index contributed by atoms with van der Waals surface area (Å²) < 4.78 is 14.3. The fourth-order valence-electron chi connectivity index (χ4n) is 2.13. The molecule has 0 heterocycles. The van der Waals surface area contributed by atoms with Crippen LogP contribution in [0, 0.1) is 11.8 Å². The van der Waals surface area contributed by atoms with Crippen LogP contribution in [-0.4, -0.2) is 38.2 Å². The van der Waals surface area contributed by atoms with Gasteiger partial charge in [0.05, 0.1) is 26.1 Å². The Labute approximate surface area is 99.2 Å². The molecule has 0 N–H and O–H groups in total. The molecule has 0 saturated heterocycles. The Hall–Kier alpha value is -1.59. The predicted octanol–water partition coefficient (Wildman–Crippen LogP) is 0.290. The van der Waals surface area contributed by atoms with Gasteiger partial charge in [-0.2, -0.15) is 0 Å². The SMILES string of the molecule is COC(=O)[C@H]1CC[C@@H](C(=O)OC)C1OC(C)=O.